The van der Waals surface area contributed by atoms with Crippen molar-refractivity contribution in [3.63, 3.8) is 0 Å². The van der Waals surface area contributed by atoms with Crippen LogP contribution in [0, 0.1) is 0 Å². The van der Waals surface area contributed by atoms with Crippen molar-refractivity contribution >= 4 is 17.2 Å². The average molecular weight is 157 g/mol. The lowest BCUT2D eigenvalue weighted by Crippen LogP contribution is -2.11. The third-order valence-corrected chi connectivity index (χ3v) is 1.41. The number of nitrogens with one attached hydrogen (secondary N) is 1. The predicted octanol–water partition coefficient (Wildman–Crippen LogP) is 1.50. The second-order valence-electron chi connectivity index (χ2n) is 1.60. The second kappa shape index (κ2) is 6.29. The molecule has 1 N–H and O–H groups in total. The molecule has 0 aliphatic rings. The van der Waals surface area contributed by atoms with Gasteiger partial charge in [-0.1, -0.05) is 12.1 Å². The number of amides is 1. The molecule has 56 valence electrons. The molecule has 0 fully saturated rings. The van der Waals surface area contributed by atoms with Crippen LogP contribution in [-0.4, -0.2) is 13.0 Å². The van der Waals surface area contributed by atoms with Crippen LogP contribution in [0.25, 0.3) is 0 Å². The Kier molecular flexibility index (Phi) is 5.77. The highest BCUT2D eigenvalue weighted by Crippen LogP contribution is 1.91. The molecular weight excluding hydrogens is 146 g/mol. The maximum Gasteiger partial charge on any atom is 0.216 e. The zero-order chi connectivity index (χ0) is 7.82. The van der Waals surface area contributed by atoms with Crippen molar-refractivity contribution in [1.29, 1.82) is 0 Å². The quantitative estimate of drug-likeness (QED) is 0.607. The Labute approximate surface area is 64.9 Å². The zero-order valence-electron chi connectivity index (χ0n) is 6.13. The number of rotatable bonds is 0. The van der Waals surface area contributed by atoms with Crippen LogP contribution in [0.1, 0.15) is 6.92 Å². The van der Waals surface area contributed by atoms with Gasteiger partial charge in [-0.25, -0.2) is 0 Å². The molecule has 0 aliphatic heterocycles. The number of hydrogen-bond acceptors (Lipinski definition) is 2. The lowest BCUT2D eigenvalue weighted by atomic mass is 10.7. The highest BCUT2D eigenvalue weighted by molar-refractivity contribution is 7.07. The normalized spacial score (nSPS) is 7.40. The monoisotopic (exact) mass is 157 g/mol. The van der Waals surface area contributed by atoms with Gasteiger partial charge in [-0.3, -0.25) is 4.79 Å². The lowest BCUT2D eigenvalue weighted by molar-refractivity contribution is -0.118. The van der Waals surface area contributed by atoms with E-state index in [1.54, 1.807) is 18.4 Å². The van der Waals surface area contributed by atoms with Gasteiger partial charge >= 0.3 is 0 Å². The van der Waals surface area contributed by atoms with E-state index in [1.165, 1.54) is 6.92 Å². The van der Waals surface area contributed by atoms with Crippen molar-refractivity contribution < 1.29 is 4.79 Å². The molecule has 0 unspecified atom stereocenters. The lowest BCUT2D eigenvalue weighted by Gasteiger charge is -1.80. The van der Waals surface area contributed by atoms with Gasteiger partial charge in [0.15, 0.2) is 0 Å². The summed E-state index contributed by atoms with van der Waals surface area (Å²) in [5.74, 6) is 0.00463. The molecule has 0 aromatic carbocycles. The molecular formula is C7H11NOS. The van der Waals surface area contributed by atoms with Gasteiger partial charge in [0.1, 0.15) is 0 Å². The minimum Gasteiger partial charge on any atom is -0.359 e. The summed E-state index contributed by atoms with van der Waals surface area (Å²) in [4.78, 5) is 9.70. The molecule has 0 spiro atoms. The van der Waals surface area contributed by atoms with E-state index in [4.69, 9.17) is 0 Å². The van der Waals surface area contributed by atoms with Gasteiger partial charge < -0.3 is 5.32 Å². The van der Waals surface area contributed by atoms with Crippen LogP contribution in [0.15, 0.2) is 22.9 Å². The Morgan fingerprint density at radius 1 is 1.40 bits per heavy atom. The summed E-state index contributed by atoms with van der Waals surface area (Å²) >= 11 is 1.71. The fourth-order valence-electron chi connectivity index (χ4n) is 0.227. The van der Waals surface area contributed by atoms with Gasteiger partial charge in [0, 0.05) is 14.0 Å². The summed E-state index contributed by atoms with van der Waals surface area (Å²) in [6.07, 6.45) is 0. The predicted molar refractivity (Wildman–Crippen MR) is 44.1 cm³/mol. The van der Waals surface area contributed by atoms with E-state index in [0.717, 1.165) is 0 Å². The van der Waals surface area contributed by atoms with Gasteiger partial charge in [-0.2, -0.15) is 11.3 Å². The third kappa shape index (κ3) is 7.17. The molecule has 0 saturated heterocycles. The van der Waals surface area contributed by atoms with Crippen LogP contribution in [0.4, 0.5) is 0 Å². The van der Waals surface area contributed by atoms with Crippen LogP contribution in [-0.2, 0) is 4.79 Å². The van der Waals surface area contributed by atoms with E-state index >= 15 is 0 Å². The number of thiophene rings is 1. The van der Waals surface area contributed by atoms with Crippen molar-refractivity contribution in [3.05, 3.63) is 22.9 Å². The van der Waals surface area contributed by atoms with Crippen LogP contribution in [0.5, 0.6) is 0 Å². The van der Waals surface area contributed by atoms with Crippen LogP contribution >= 0.6 is 11.3 Å². The Morgan fingerprint density at radius 2 is 1.80 bits per heavy atom. The summed E-state index contributed by atoms with van der Waals surface area (Å²) in [5, 5.41) is 6.47. The van der Waals surface area contributed by atoms with Gasteiger partial charge in [0.05, 0.1) is 0 Å². The molecule has 1 amide bonds. The topological polar surface area (TPSA) is 29.1 Å². The molecule has 0 atom stereocenters. The highest BCUT2D eigenvalue weighted by atomic mass is 32.1. The Balaban J connectivity index is 0.000000162. The largest absolute Gasteiger partial charge is 0.359 e. The van der Waals surface area contributed by atoms with E-state index in [0.29, 0.717) is 0 Å². The first-order valence-corrected chi connectivity index (χ1v) is 3.87. The summed E-state index contributed by atoms with van der Waals surface area (Å²) in [6.45, 7) is 1.47. The van der Waals surface area contributed by atoms with Crippen molar-refractivity contribution in [2.75, 3.05) is 7.05 Å². The molecule has 0 bridgehead atoms. The Bertz CT molecular complexity index is 143. The van der Waals surface area contributed by atoms with Gasteiger partial charge in [-0.15, -0.1) is 0 Å². The van der Waals surface area contributed by atoms with Crippen LogP contribution < -0.4 is 5.32 Å². The molecule has 1 aromatic rings. The third-order valence-electron chi connectivity index (χ3n) is 0.777. The molecule has 10 heavy (non-hydrogen) atoms. The van der Waals surface area contributed by atoms with Crippen molar-refractivity contribution in [3.8, 4) is 0 Å². The maximum absolute atomic E-state index is 9.70. The fourth-order valence-corrected chi connectivity index (χ4v) is 0.680. The maximum atomic E-state index is 9.70. The second-order valence-corrected chi connectivity index (χ2v) is 2.42. The van der Waals surface area contributed by atoms with E-state index in [9.17, 15) is 4.79 Å². The van der Waals surface area contributed by atoms with Crippen molar-refractivity contribution in [1.82, 2.24) is 5.32 Å². The smallest absolute Gasteiger partial charge is 0.216 e. The van der Waals surface area contributed by atoms with E-state index in [1.807, 2.05) is 22.9 Å². The van der Waals surface area contributed by atoms with E-state index in [-0.39, 0.29) is 5.91 Å². The molecule has 2 nitrogen and oxygen atoms in total. The Morgan fingerprint density at radius 3 is 1.90 bits per heavy atom. The molecule has 0 saturated carbocycles. The van der Waals surface area contributed by atoms with Gasteiger partial charge in [0.2, 0.25) is 5.91 Å². The first-order valence-electron chi connectivity index (χ1n) is 2.93. The summed E-state index contributed by atoms with van der Waals surface area (Å²) in [5.41, 5.74) is 0. The number of carbonyl (C=O) groups excluding carboxylic acids is 1. The molecule has 0 aliphatic carbocycles. The average Bonchev–Trinajstić information content (AvgIpc) is 2.43. The number of hydrogen-bond donors (Lipinski definition) is 1. The van der Waals surface area contributed by atoms with Gasteiger partial charge in [0.25, 0.3) is 0 Å². The zero-order valence-corrected chi connectivity index (χ0v) is 6.94. The SMILES string of the molecule is CNC(C)=O.c1ccsc1. The van der Waals surface area contributed by atoms with Crippen LogP contribution in [0.3, 0.4) is 0 Å². The molecule has 3 heteroatoms. The molecule has 1 rings (SSSR count). The van der Waals surface area contributed by atoms with Crippen molar-refractivity contribution in [2.24, 2.45) is 0 Å². The standard InChI is InChI=1S/C4H4S.C3H7NO/c1-2-4-5-3-1;1-3(5)4-2/h1-4H;1-2H3,(H,4,5). The number of carbonyl (C=O) groups is 1. The first-order chi connectivity index (χ1) is 4.77. The first kappa shape index (κ1) is 9.17. The minimum absolute atomic E-state index is 0.00463. The van der Waals surface area contributed by atoms with E-state index < -0.39 is 0 Å². The van der Waals surface area contributed by atoms with E-state index in [2.05, 4.69) is 5.32 Å². The van der Waals surface area contributed by atoms with Crippen LogP contribution in [0.2, 0.25) is 0 Å². The fraction of sp³-hybridized carbons (Fsp3) is 0.286. The molecule has 1 aromatic heterocycles. The minimum atomic E-state index is 0.00463. The highest BCUT2D eigenvalue weighted by Gasteiger charge is 1.72. The summed E-state index contributed by atoms with van der Waals surface area (Å²) in [7, 11) is 1.60. The summed E-state index contributed by atoms with van der Waals surface area (Å²) in [6, 6.07) is 4.04. The molecule has 1 heterocycles. The Hall–Kier alpha value is -0.830. The summed E-state index contributed by atoms with van der Waals surface area (Å²) < 4.78 is 0. The molecule has 0 radical (unpaired) electrons. The van der Waals surface area contributed by atoms with Gasteiger partial charge in [-0.05, 0) is 10.8 Å². The van der Waals surface area contributed by atoms with Crippen molar-refractivity contribution in [2.45, 2.75) is 6.92 Å².